The number of hydrogen-bond acceptors (Lipinski definition) is 2. The van der Waals surface area contributed by atoms with Crippen molar-refractivity contribution in [1.82, 2.24) is 9.55 Å². The lowest BCUT2D eigenvalue weighted by Crippen LogP contribution is -2.11. The number of aromatic nitrogens is 2. The molecule has 6 rings (SSSR count). The smallest absolute Gasteiger partial charge is 0.149 e. The highest BCUT2D eigenvalue weighted by atomic mass is 16.3. The third-order valence-corrected chi connectivity index (χ3v) is 6.20. The second kappa shape index (κ2) is 6.83. The molecule has 3 heteroatoms. The molecule has 32 heavy (non-hydrogen) atoms. The van der Waals surface area contributed by atoms with E-state index in [0.717, 1.165) is 50.0 Å². The van der Waals surface area contributed by atoms with Crippen LogP contribution < -0.4 is 0 Å². The Kier molecular flexibility index (Phi) is 4.03. The molecule has 2 aromatic heterocycles. The van der Waals surface area contributed by atoms with E-state index in [9.17, 15) is 0 Å². The Morgan fingerprint density at radius 1 is 0.719 bits per heavy atom. The minimum atomic E-state index is 0.109. The van der Waals surface area contributed by atoms with Gasteiger partial charge in [0, 0.05) is 16.5 Å². The molecular weight excluding hydrogens is 392 g/mol. The van der Waals surface area contributed by atoms with Gasteiger partial charge in [0.05, 0.1) is 16.6 Å². The van der Waals surface area contributed by atoms with Crippen molar-refractivity contribution in [2.24, 2.45) is 0 Å². The highest BCUT2D eigenvalue weighted by Crippen LogP contribution is 2.37. The van der Waals surface area contributed by atoms with Crippen molar-refractivity contribution in [3.63, 3.8) is 0 Å². The molecule has 156 valence electrons. The highest BCUT2D eigenvalue weighted by molar-refractivity contribution is 6.09. The SMILES string of the molecule is CC(C)(C)c1ccc(-n2c(-c3cccc4c3oc3ccccc34)nc3ccccc32)cc1. The maximum absolute atomic E-state index is 6.34. The number of para-hydroxylation sites is 4. The molecule has 0 N–H and O–H groups in total. The van der Waals surface area contributed by atoms with Crippen LogP contribution in [0.25, 0.3) is 50.0 Å². The van der Waals surface area contributed by atoms with Crippen LogP contribution in [-0.2, 0) is 5.41 Å². The van der Waals surface area contributed by atoms with Crippen LogP contribution in [0.3, 0.4) is 0 Å². The molecule has 0 fully saturated rings. The maximum atomic E-state index is 6.34. The Hall–Kier alpha value is -3.85. The Labute approximate surface area is 186 Å². The van der Waals surface area contributed by atoms with Crippen LogP contribution in [0.5, 0.6) is 0 Å². The van der Waals surface area contributed by atoms with Gasteiger partial charge < -0.3 is 4.42 Å². The standard InChI is InChI=1S/C29H24N2O/c1-29(2,3)19-15-17-20(18-16-19)31-25-13-6-5-12-24(25)30-28(31)23-11-8-10-22-21-9-4-7-14-26(21)32-27(22)23/h4-18H,1-3H3. The summed E-state index contributed by atoms with van der Waals surface area (Å²) in [4.78, 5) is 5.05. The molecule has 0 bridgehead atoms. The summed E-state index contributed by atoms with van der Waals surface area (Å²) < 4.78 is 8.58. The lowest BCUT2D eigenvalue weighted by Gasteiger charge is -2.19. The first-order chi connectivity index (χ1) is 15.5. The summed E-state index contributed by atoms with van der Waals surface area (Å²) >= 11 is 0. The van der Waals surface area contributed by atoms with E-state index in [0.29, 0.717) is 0 Å². The van der Waals surface area contributed by atoms with Crippen molar-refractivity contribution in [3.8, 4) is 17.1 Å². The van der Waals surface area contributed by atoms with E-state index >= 15 is 0 Å². The van der Waals surface area contributed by atoms with Crippen molar-refractivity contribution in [2.45, 2.75) is 26.2 Å². The van der Waals surface area contributed by atoms with Gasteiger partial charge in [-0.3, -0.25) is 4.57 Å². The van der Waals surface area contributed by atoms with Crippen LogP contribution in [0.15, 0.2) is 95.4 Å². The topological polar surface area (TPSA) is 31.0 Å². The molecule has 0 radical (unpaired) electrons. The fraction of sp³-hybridized carbons (Fsp3) is 0.138. The molecule has 0 spiro atoms. The number of furan rings is 1. The number of rotatable bonds is 2. The van der Waals surface area contributed by atoms with E-state index in [-0.39, 0.29) is 5.41 Å². The quantitative estimate of drug-likeness (QED) is 0.287. The van der Waals surface area contributed by atoms with Gasteiger partial charge in [0.2, 0.25) is 0 Å². The zero-order valence-corrected chi connectivity index (χ0v) is 18.5. The Morgan fingerprint density at radius 3 is 2.25 bits per heavy atom. The minimum Gasteiger partial charge on any atom is -0.455 e. The van der Waals surface area contributed by atoms with Crippen LogP contribution >= 0.6 is 0 Å². The number of fused-ring (bicyclic) bond motifs is 4. The third-order valence-electron chi connectivity index (χ3n) is 6.20. The first-order valence-electron chi connectivity index (χ1n) is 11.0. The number of hydrogen-bond donors (Lipinski definition) is 0. The van der Waals surface area contributed by atoms with Gasteiger partial charge in [-0.25, -0.2) is 4.98 Å². The molecule has 0 aliphatic heterocycles. The van der Waals surface area contributed by atoms with E-state index in [1.165, 1.54) is 5.56 Å². The molecule has 6 aromatic rings. The first kappa shape index (κ1) is 18.9. The van der Waals surface area contributed by atoms with Crippen molar-refractivity contribution in [3.05, 3.63) is 96.6 Å². The summed E-state index contributed by atoms with van der Waals surface area (Å²) in [6.07, 6.45) is 0. The Balaban J connectivity index is 1.65. The van der Waals surface area contributed by atoms with Crippen molar-refractivity contribution < 1.29 is 4.42 Å². The van der Waals surface area contributed by atoms with Crippen molar-refractivity contribution >= 4 is 33.0 Å². The largest absolute Gasteiger partial charge is 0.455 e. The lowest BCUT2D eigenvalue weighted by atomic mass is 9.87. The van der Waals surface area contributed by atoms with E-state index in [1.54, 1.807) is 0 Å². The summed E-state index contributed by atoms with van der Waals surface area (Å²) in [6, 6.07) is 31.6. The highest BCUT2D eigenvalue weighted by Gasteiger charge is 2.20. The molecule has 0 unspecified atom stereocenters. The molecular formula is C29H24N2O. The maximum Gasteiger partial charge on any atom is 0.149 e. The summed E-state index contributed by atoms with van der Waals surface area (Å²) in [7, 11) is 0. The Morgan fingerprint density at radius 2 is 1.44 bits per heavy atom. The number of imidazole rings is 1. The molecule has 0 saturated heterocycles. The third kappa shape index (κ3) is 2.85. The Bertz CT molecular complexity index is 1590. The van der Waals surface area contributed by atoms with Gasteiger partial charge >= 0.3 is 0 Å². The van der Waals surface area contributed by atoms with Crippen molar-refractivity contribution in [2.75, 3.05) is 0 Å². The molecule has 0 saturated carbocycles. The van der Waals surface area contributed by atoms with Crippen LogP contribution in [0.2, 0.25) is 0 Å². The summed E-state index contributed by atoms with van der Waals surface area (Å²) in [6.45, 7) is 6.72. The van der Waals surface area contributed by atoms with Crippen molar-refractivity contribution in [1.29, 1.82) is 0 Å². The monoisotopic (exact) mass is 416 g/mol. The van der Waals surface area contributed by atoms with Crippen LogP contribution in [0.4, 0.5) is 0 Å². The van der Waals surface area contributed by atoms with Gasteiger partial charge in [-0.1, -0.05) is 75.4 Å². The molecule has 0 aliphatic carbocycles. The predicted octanol–water partition coefficient (Wildman–Crippen LogP) is 7.89. The molecule has 4 aromatic carbocycles. The van der Waals surface area contributed by atoms with Gasteiger partial charge in [-0.15, -0.1) is 0 Å². The van der Waals surface area contributed by atoms with E-state index in [1.807, 2.05) is 18.2 Å². The first-order valence-corrected chi connectivity index (χ1v) is 11.0. The fourth-order valence-electron chi connectivity index (χ4n) is 4.50. The average molecular weight is 417 g/mol. The molecule has 0 aliphatic rings. The summed E-state index contributed by atoms with van der Waals surface area (Å²) in [5.74, 6) is 0.888. The minimum absolute atomic E-state index is 0.109. The van der Waals surface area contributed by atoms with Crippen LogP contribution in [0.1, 0.15) is 26.3 Å². The van der Waals surface area contributed by atoms with Gasteiger partial charge in [0.15, 0.2) is 0 Å². The van der Waals surface area contributed by atoms with Crippen LogP contribution in [0, 0.1) is 0 Å². The van der Waals surface area contributed by atoms with Gasteiger partial charge in [-0.2, -0.15) is 0 Å². The number of nitrogens with zero attached hydrogens (tertiary/aromatic N) is 2. The van der Waals surface area contributed by atoms with Gasteiger partial charge in [0.25, 0.3) is 0 Å². The normalized spacial score (nSPS) is 12.2. The summed E-state index contributed by atoms with van der Waals surface area (Å²) in [5, 5.41) is 2.24. The lowest BCUT2D eigenvalue weighted by molar-refractivity contribution is 0.590. The average Bonchev–Trinajstić information content (AvgIpc) is 3.37. The van der Waals surface area contributed by atoms with Gasteiger partial charge in [-0.05, 0) is 47.4 Å². The zero-order chi connectivity index (χ0) is 21.9. The second-order valence-electron chi connectivity index (χ2n) is 9.34. The number of benzene rings is 4. The van der Waals surface area contributed by atoms with Crippen LogP contribution in [-0.4, -0.2) is 9.55 Å². The molecule has 0 amide bonds. The second-order valence-corrected chi connectivity index (χ2v) is 9.34. The van der Waals surface area contributed by atoms with Gasteiger partial charge in [0.1, 0.15) is 17.0 Å². The molecule has 0 atom stereocenters. The predicted molar refractivity (Wildman–Crippen MR) is 132 cm³/mol. The fourth-order valence-corrected chi connectivity index (χ4v) is 4.50. The van der Waals surface area contributed by atoms with E-state index < -0.39 is 0 Å². The molecule has 3 nitrogen and oxygen atoms in total. The zero-order valence-electron chi connectivity index (χ0n) is 18.5. The summed E-state index contributed by atoms with van der Waals surface area (Å²) in [5.41, 5.74) is 7.33. The van der Waals surface area contributed by atoms with E-state index in [4.69, 9.17) is 9.40 Å². The van der Waals surface area contributed by atoms with E-state index in [2.05, 4.69) is 98.1 Å². The molecule has 2 heterocycles.